The standard InChI is InChI=1S/C22H25F3N4O3/c23-22(24,25)17-5-3-4-16(14-17)15-28-12-9-18(10-13-28)27-21(30)8-11-26-19-6-1-2-7-20(19)29(31)32/h1-7,14,18,26H,8-13,15H2,(H,27,30). The van der Waals surface area contributed by atoms with Crippen LogP contribution in [0.25, 0.3) is 0 Å². The summed E-state index contributed by atoms with van der Waals surface area (Å²) in [4.78, 5) is 24.8. The summed E-state index contributed by atoms with van der Waals surface area (Å²) in [6.45, 7) is 2.06. The van der Waals surface area contributed by atoms with E-state index < -0.39 is 16.7 Å². The van der Waals surface area contributed by atoms with E-state index in [1.54, 1.807) is 24.3 Å². The van der Waals surface area contributed by atoms with Crippen molar-refractivity contribution in [1.82, 2.24) is 10.2 Å². The average Bonchev–Trinajstić information content (AvgIpc) is 2.75. The molecule has 0 bridgehead atoms. The maximum atomic E-state index is 12.9. The monoisotopic (exact) mass is 450 g/mol. The van der Waals surface area contributed by atoms with Gasteiger partial charge in [-0.05, 0) is 30.5 Å². The Morgan fingerprint density at radius 2 is 1.84 bits per heavy atom. The minimum atomic E-state index is -4.35. The van der Waals surface area contributed by atoms with Crippen LogP contribution in [-0.2, 0) is 17.5 Å². The van der Waals surface area contributed by atoms with Crippen molar-refractivity contribution in [1.29, 1.82) is 0 Å². The molecule has 0 spiro atoms. The molecule has 10 heteroatoms. The molecule has 1 heterocycles. The number of hydrogen-bond acceptors (Lipinski definition) is 5. The summed E-state index contributed by atoms with van der Waals surface area (Å²) in [6.07, 6.45) is -2.76. The fourth-order valence-electron chi connectivity index (χ4n) is 3.73. The first-order valence-electron chi connectivity index (χ1n) is 10.4. The Balaban J connectivity index is 1.40. The third kappa shape index (κ3) is 6.68. The third-order valence-corrected chi connectivity index (χ3v) is 5.38. The van der Waals surface area contributed by atoms with E-state index in [0.717, 1.165) is 6.07 Å². The Kier molecular flexibility index (Phi) is 7.68. The first-order valence-corrected chi connectivity index (χ1v) is 10.4. The molecule has 2 aromatic carbocycles. The molecule has 0 atom stereocenters. The Hall–Kier alpha value is -3.14. The molecule has 1 aliphatic heterocycles. The van der Waals surface area contributed by atoms with Gasteiger partial charge in [-0.1, -0.05) is 30.3 Å². The molecular weight excluding hydrogens is 425 g/mol. The fraction of sp³-hybridized carbons (Fsp3) is 0.409. The van der Waals surface area contributed by atoms with Crippen LogP contribution in [0.15, 0.2) is 48.5 Å². The topological polar surface area (TPSA) is 87.5 Å². The number of anilines is 1. The molecule has 0 aromatic heterocycles. The summed E-state index contributed by atoms with van der Waals surface area (Å²) < 4.78 is 38.6. The van der Waals surface area contributed by atoms with Gasteiger partial charge in [0.1, 0.15) is 5.69 Å². The number of para-hydroxylation sites is 2. The lowest BCUT2D eigenvalue weighted by molar-refractivity contribution is -0.384. The lowest BCUT2D eigenvalue weighted by Crippen LogP contribution is -2.44. The number of hydrogen-bond donors (Lipinski definition) is 2. The minimum absolute atomic E-state index is 0.00585. The van der Waals surface area contributed by atoms with E-state index in [-0.39, 0.29) is 30.6 Å². The lowest BCUT2D eigenvalue weighted by atomic mass is 10.0. The van der Waals surface area contributed by atoms with Gasteiger partial charge in [0.15, 0.2) is 0 Å². The average molecular weight is 450 g/mol. The van der Waals surface area contributed by atoms with Crippen LogP contribution in [0.1, 0.15) is 30.4 Å². The summed E-state index contributed by atoms with van der Waals surface area (Å²) >= 11 is 0. The van der Waals surface area contributed by atoms with Crippen molar-refractivity contribution in [3.63, 3.8) is 0 Å². The molecule has 0 saturated carbocycles. The van der Waals surface area contributed by atoms with Crippen molar-refractivity contribution in [3.8, 4) is 0 Å². The van der Waals surface area contributed by atoms with Crippen molar-refractivity contribution in [2.45, 2.75) is 38.0 Å². The quantitative estimate of drug-likeness (QED) is 0.465. The molecule has 1 aliphatic rings. The van der Waals surface area contributed by atoms with Crippen LogP contribution in [0.5, 0.6) is 0 Å². The van der Waals surface area contributed by atoms with Crippen molar-refractivity contribution in [3.05, 3.63) is 69.8 Å². The van der Waals surface area contributed by atoms with Crippen LogP contribution >= 0.6 is 0 Å². The normalized spacial score (nSPS) is 15.3. The molecule has 2 N–H and O–H groups in total. The van der Waals surface area contributed by atoms with Gasteiger partial charge in [0.25, 0.3) is 5.69 Å². The molecule has 1 amide bonds. The molecule has 3 rings (SSSR count). The van der Waals surface area contributed by atoms with Gasteiger partial charge in [-0.15, -0.1) is 0 Å². The smallest absolute Gasteiger partial charge is 0.379 e. The van der Waals surface area contributed by atoms with Crippen LogP contribution in [0, 0.1) is 10.1 Å². The first-order chi connectivity index (χ1) is 15.2. The second-order valence-electron chi connectivity index (χ2n) is 7.77. The van der Waals surface area contributed by atoms with E-state index in [1.807, 2.05) is 0 Å². The predicted molar refractivity (Wildman–Crippen MR) is 114 cm³/mol. The number of carbonyl (C=O) groups excluding carboxylic acids is 1. The zero-order valence-corrected chi connectivity index (χ0v) is 17.4. The summed E-state index contributed by atoms with van der Waals surface area (Å²) in [5.41, 5.74) is 0.296. The second-order valence-corrected chi connectivity index (χ2v) is 7.77. The van der Waals surface area contributed by atoms with E-state index in [1.165, 1.54) is 18.2 Å². The summed E-state index contributed by atoms with van der Waals surface area (Å²) in [6, 6.07) is 11.6. The fourth-order valence-corrected chi connectivity index (χ4v) is 3.73. The molecule has 0 aliphatic carbocycles. The number of carbonyl (C=O) groups is 1. The van der Waals surface area contributed by atoms with Crippen molar-refractivity contribution >= 4 is 17.3 Å². The molecular formula is C22H25F3N4O3. The zero-order chi connectivity index (χ0) is 23.1. The van der Waals surface area contributed by atoms with E-state index in [4.69, 9.17) is 0 Å². The van der Waals surface area contributed by atoms with E-state index in [9.17, 15) is 28.1 Å². The van der Waals surface area contributed by atoms with Gasteiger partial charge in [0.05, 0.1) is 10.5 Å². The van der Waals surface area contributed by atoms with Crippen LogP contribution in [0.4, 0.5) is 24.5 Å². The number of nitro benzene ring substituents is 1. The Labute approximate surface area is 183 Å². The number of halogens is 3. The van der Waals surface area contributed by atoms with Gasteiger partial charge in [-0.2, -0.15) is 13.2 Å². The Bertz CT molecular complexity index is 944. The number of nitrogens with zero attached hydrogens (tertiary/aromatic N) is 2. The van der Waals surface area contributed by atoms with Crippen LogP contribution in [0.2, 0.25) is 0 Å². The minimum Gasteiger partial charge on any atom is -0.379 e. The summed E-state index contributed by atoms with van der Waals surface area (Å²) in [5.74, 6) is -0.146. The third-order valence-electron chi connectivity index (χ3n) is 5.38. The number of amides is 1. The maximum absolute atomic E-state index is 12.9. The van der Waals surface area contributed by atoms with Crippen molar-refractivity contribution in [2.75, 3.05) is 25.0 Å². The molecule has 32 heavy (non-hydrogen) atoms. The van der Waals surface area contributed by atoms with E-state index in [0.29, 0.717) is 43.7 Å². The largest absolute Gasteiger partial charge is 0.416 e. The number of benzene rings is 2. The highest BCUT2D eigenvalue weighted by atomic mass is 19.4. The van der Waals surface area contributed by atoms with Crippen molar-refractivity contribution < 1.29 is 22.9 Å². The molecule has 172 valence electrons. The second kappa shape index (κ2) is 10.4. The predicted octanol–water partition coefficient (Wildman–Crippen LogP) is 4.20. The molecule has 0 radical (unpaired) electrons. The number of rotatable bonds is 8. The van der Waals surface area contributed by atoms with Gasteiger partial charge in [0, 0.05) is 44.7 Å². The van der Waals surface area contributed by atoms with Gasteiger partial charge in [0.2, 0.25) is 5.91 Å². The number of likely N-dealkylation sites (tertiary alicyclic amines) is 1. The number of piperidine rings is 1. The number of alkyl halides is 3. The van der Waals surface area contributed by atoms with Gasteiger partial charge < -0.3 is 10.6 Å². The van der Waals surface area contributed by atoms with Crippen LogP contribution in [0.3, 0.4) is 0 Å². The molecule has 2 aromatic rings. The van der Waals surface area contributed by atoms with Crippen LogP contribution < -0.4 is 10.6 Å². The molecule has 1 fully saturated rings. The lowest BCUT2D eigenvalue weighted by Gasteiger charge is -2.32. The highest BCUT2D eigenvalue weighted by Crippen LogP contribution is 2.30. The number of nitro groups is 1. The number of nitrogens with one attached hydrogen (secondary N) is 2. The van der Waals surface area contributed by atoms with Gasteiger partial charge in [-0.25, -0.2) is 0 Å². The highest BCUT2D eigenvalue weighted by molar-refractivity contribution is 5.77. The van der Waals surface area contributed by atoms with Crippen molar-refractivity contribution in [2.24, 2.45) is 0 Å². The highest BCUT2D eigenvalue weighted by Gasteiger charge is 2.30. The molecule has 0 unspecified atom stereocenters. The first kappa shape index (κ1) is 23.5. The molecule has 7 nitrogen and oxygen atoms in total. The van der Waals surface area contributed by atoms with Gasteiger partial charge in [-0.3, -0.25) is 19.8 Å². The Morgan fingerprint density at radius 1 is 1.12 bits per heavy atom. The van der Waals surface area contributed by atoms with Crippen LogP contribution in [-0.4, -0.2) is 41.4 Å². The zero-order valence-electron chi connectivity index (χ0n) is 17.4. The Morgan fingerprint density at radius 3 is 2.53 bits per heavy atom. The summed E-state index contributed by atoms with van der Waals surface area (Å²) in [7, 11) is 0. The maximum Gasteiger partial charge on any atom is 0.416 e. The molecule has 1 saturated heterocycles. The van der Waals surface area contributed by atoms with Gasteiger partial charge >= 0.3 is 6.18 Å². The van der Waals surface area contributed by atoms with E-state index >= 15 is 0 Å². The van der Waals surface area contributed by atoms with E-state index in [2.05, 4.69) is 15.5 Å². The SMILES string of the molecule is O=C(CCNc1ccccc1[N+](=O)[O-])NC1CCN(Cc2cccc(C(F)(F)F)c2)CC1. The summed E-state index contributed by atoms with van der Waals surface area (Å²) in [5, 5.41) is 16.9.